The fourth-order valence-corrected chi connectivity index (χ4v) is 2.40. The summed E-state index contributed by atoms with van der Waals surface area (Å²) in [7, 11) is 0. The lowest BCUT2D eigenvalue weighted by Crippen LogP contribution is -2.27. The second kappa shape index (κ2) is 7.66. The summed E-state index contributed by atoms with van der Waals surface area (Å²) in [5.74, 6) is 0.852. The standard InChI is InChI=1S/C13H25NO2/c1-3-11-7-8-12(10-11)14-9-5-6-13(15)16-4-2/h11-12,14H,3-10H2,1-2H3. The van der Waals surface area contributed by atoms with E-state index in [-0.39, 0.29) is 5.97 Å². The van der Waals surface area contributed by atoms with Gasteiger partial charge in [-0.2, -0.15) is 0 Å². The molecule has 3 nitrogen and oxygen atoms in total. The predicted octanol–water partition coefficient (Wildman–Crippen LogP) is 2.50. The van der Waals surface area contributed by atoms with Gasteiger partial charge in [0.1, 0.15) is 0 Å². The molecule has 0 heterocycles. The van der Waals surface area contributed by atoms with Crippen LogP contribution >= 0.6 is 0 Å². The maximum atomic E-state index is 11.1. The summed E-state index contributed by atoms with van der Waals surface area (Å²) >= 11 is 0. The monoisotopic (exact) mass is 227 g/mol. The highest BCUT2D eigenvalue weighted by molar-refractivity contribution is 5.69. The van der Waals surface area contributed by atoms with E-state index in [0.29, 0.717) is 19.1 Å². The maximum Gasteiger partial charge on any atom is 0.305 e. The Morgan fingerprint density at radius 1 is 1.38 bits per heavy atom. The minimum absolute atomic E-state index is 0.0674. The molecule has 0 saturated heterocycles. The van der Waals surface area contributed by atoms with Crippen molar-refractivity contribution in [3.8, 4) is 0 Å². The van der Waals surface area contributed by atoms with Crippen LogP contribution in [0.15, 0.2) is 0 Å². The topological polar surface area (TPSA) is 38.3 Å². The van der Waals surface area contributed by atoms with Crippen LogP contribution in [0.4, 0.5) is 0 Å². The van der Waals surface area contributed by atoms with Crippen LogP contribution in [0.5, 0.6) is 0 Å². The molecule has 1 N–H and O–H groups in total. The van der Waals surface area contributed by atoms with Gasteiger partial charge in [-0.05, 0) is 45.1 Å². The zero-order valence-electron chi connectivity index (χ0n) is 10.6. The van der Waals surface area contributed by atoms with Gasteiger partial charge in [0.05, 0.1) is 6.61 Å². The van der Waals surface area contributed by atoms with Gasteiger partial charge in [-0.25, -0.2) is 0 Å². The summed E-state index contributed by atoms with van der Waals surface area (Å²) in [5.41, 5.74) is 0. The smallest absolute Gasteiger partial charge is 0.305 e. The molecular formula is C13H25NO2. The van der Waals surface area contributed by atoms with Gasteiger partial charge in [0.15, 0.2) is 0 Å². The lowest BCUT2D eigenvalue weighted by atomic mass is 10.1. The van der Waals surface area contributed by atoms with Gasteiger partial charge < -0.3 is 10.1 Å². The quantitative estimate of drug-likeness (QED) is 0.536. The summed E-state index contributed by atoms with van der Waals surface area (Å²) in [6.07, 6.45) is 6.73. The Morgan fingerprint density at radius 2 is 2.19 bits per heavy atom. The summed E-state index contributed by atoms with van der Waals surface area (Å²) in [5, 5.41) is 3.54. The Morgan fingerprint density at radius 3 is 2.81 bits per heavy atom. The number of nitrogens with one attached hydrogen (secondary N) is 1. The molecule has 2 unspecified atom stereocenters. The lowest BCUT2D eigenvalue weighted by Gasteiger charge is -2.12. The Labute approximate surface area is 98.9 Å². The number of carbonyl (C=O) groups excluding carboxylic acids is 1. The number of ether oxygens (including phenoxy) is 1. The van der Waals surface area contributed by atoms with Crippen LogP contribution in [0.2, 0.25) is 0 Å². The predicted molar refractivity (Wildman–Crippen MR) is 65.3 cm³/mol. The van der Waals surface area contributed by atoms with Gasteiger partial charge in [0.2, 0.25) is 0 Å². The van der Waals surface area contributed by atoms with Crippen LogP contribution in [0.3, 0.4) is 0 Å². The summed E-state index contributed by atoms with van der Waals surface area (Å²) in [4.78, 5) is 11.1. The number of hydrogen-bond acceptors (Lipinski definition) is 3. The third kappa shape index (κ3) is 4.97. The molecule has 0 aromatic rings. The highest BCUT2D eigenvalue weighted by Crippen LogP contribution is 2.27. The first kappa shape index (κ1) is 13.5. The summed E-state index contributed by atoms with van der Waals surface area (Å²) in [6.45, 7) is 5.56. The molecule has 0 spiro atoms. The first-order valence-corrected chi connectivity index (χ1v) is 6.65. The Balaban J connectivity index is 1.97. The first-order valence-electron chi connectivity index (χ1n) is 6.65. The molecule has 0 amide bonds. The van der Waals surface area contributed by atoms with Crippen molar-refractivity contribution >= 4 is 5.97 Å². The van der Waals surface area contributed by atoms with Crippen LogP contribution in [0.1, 0.15) is 52.4 Å². The molecule has 2 atom stereocenters. The van der Waals surface area contributed by atoms with Crippen LogP contribution < -0.4 is 5.32 Å². The second-order valence-corrected chi connectivity index (χ2v) is 4.65. The van der Waals surface area contributed by atoms with E-state index in [9.17, 15) is 4.79 Å². The van der Waals surface area contributed by atoms with Crippen molar-refractivity contribution < 1.29 is 9.53 Å². The normalized spacial score (nSPS) is 24.6. The van der Waals surface area contributed by atoms with E-state index in [1.165, 1.54) is 25.7 Å². The average Bonchev–Trinajstić information content (AvgIpc) is 2.73. The molecule has 1 saturated carbocycles. The van der Waals surface area contributed by atoms with Gasteiger partial charge in [0, 0.05) is 12.5 Å². The second-order valence-electron chi connectivity index (χ2n) is 4.65. The van der Waals surface area contributed by atoms with E-state index in [0.717, 1.165) is 18.9 Å². The largest absolute Gasteiger partial charge is 0.466 e. The van der Waals surface area contributed by atoms with Crippen LogP contribution in [-0.4, -0.2) is 25.2 Å². The molecule has 1 fully saturated rings. The van der Waals surface area contributed by atoms with Gasteiger partial charge in [-0.3, -0.25) is 4.79 Å². The van der Waals surface area contributed by atoms with Crippen LogP contribution in [0, 0.1) is 5.92 Å². The molecule has 16 heavy (non-hydrogen) atoms. The van der Waals surface area contributed by atoms with Gasteiger partial charge in [-0.15, -0.1) is 0 Å². The third-order valence-corrected chi connectivity index (χ3v) is 3.41. The molecule has 0 aliphatic heterocycles. The lowest BCUT2D eigenvalue weighted by molar-refractivity contribution is -0.143. The molecule has 0 aromatic heterocycles. The van der Waals surface area contributed by atoms with Crippen LogP contribution in [0.25, 0.3) is 0 Å². The summed E-state index contributed by atoms with van der Waals surface area (Å²) < 4.78 is 4.88. The molecule has 0 aromatic carbocycles. The zero-order valence-corrected chi connectivity index (χ0v) is 10.6. The van der Waals surface area contributed by atoms with E-state index >= 15 is 0 Å². The molecule has 0 radical (unpaired) electrons. The fraction of sp³-hybridized carbons (Fsp3) is 0.923. The van der Waals surface area contributed by atoms with E-state index in [1.54, 1.807) is 0 Å². The molecule has 1 aliphatic rings. The van der Waals surface area contributed by atoms with E-state index in [1.807, 2.05) is 6.92 Å². The fourth-order valence-electron chi connectivity index (χ4n) is 2.40. The average molecular weight is 227 g/mol. The SMILES string of the molecule is CCOC(=O)CCCNC1CCC(CC)C1. The minimum atomic E-state index is -0.0674. The van der Waals surface area contributed by atoms with E-state index in [2.05, 4.69) is 12.2 Å². The van der Waals surface area contributed by atoms with E-state index < -0.39 is 0 Å². The zero-order chi connectivity index (χ0) is 11.8. The van der Waals surface area contributed by atoms with Crippen molar-refractivity contribution in [1.29, 1.82) is 0 Å². The molecule has 94 valence electrons. The van der Waals surface area contributed by atoms with Crippen molar-refractivity contribution in [3.63, 3.8) is 0 Å². The van der Waals surface area contributed by atoms with Crippen molar-refractivity contribution in [2.75, 3.05) is 13.2 Å². The number of hydrogen-bond donors (Lipinski definition) is 1. The first-order chi connectivity index (χ1) is 7.76. The van der Waals surface area contributed by atoms with E-state index in [4.69, 9.17) is 4.74 Å². The molecule has 0 bridgehead atoms. The van der Waals surface area contributed by atoms with Crippen molar-refractivity contribution in [3.05, 3.63) is 0 Å². The van der Waals surface area contributed by atoms with Crippen molar-refractivity contribution in [2.24, 2.45) is 5.92 Å². The Bertz CT molecular complexity index is 206. The maximum absolute atomic E-state index is 11.1. The van der Waals surface area contributed by atoms with Crippen molar-refractivity contribution in [1.82, 2.24) is 5.32 Å². The number of rotatable bonds is 7. The van der Waals surface area contributed by atoms with Crippen LogP contribution in [-0.2, 0) is 9.53 Å². The number of carbonyl (C=O) groups is 1. The third-order valence-electron chi connectivity index (χ3n) is 3.41. The highest BCUT2D eigenvalue weighted by atomic mass is 16.5. The highest BCUT2D eigenvalue weighted by Gasteiger charge is 2.22. The molecule has 1 aliphatic carbocycles. The van der Waals surface area contributed by atoms with Gasteiger partial charge in [0.25, 0.3) is 0 Å². The Kier molecular flexibility index (Phi) is 6.46. The summed E-state index contributed by atoms with van der Waals surface area (Å²) in [6, 6.07) is 0.687. The minimum Gasteiger partial charge on any atom is -0.466 e. The number of esters is 1. The van der Waals surface area contributed by atoms with Gasteiger partial charge in [-0.1, -0.05) is 13.3 Å². The molecule has 3 heteroatoms. The van der Waals surface area contributed by atoms with Gasteiger partial charge >= 0.3 is 5.97 Å². The van der Waals surface area contributed by atoms with Crippen molar-refractivity contribution in [2.45, 2.75) is 58.4 Å². The Hall–Kier alpha value is -0.570. The molecule has 1 rings (SSSR count). The molecular weight excluding hydrogens is 202 g/mol.